The number of aromatic nitrogens is 8. The highest BCUT2D eigenvalue weighted by molar-refractivity contribution is 8.44. The maximum atomic E-state index is 13.7. The SMILES string of the molecule is Nc1ncnc2c1ncn2[C@@H]1OC23CO[C@@H]1[C@@H]2OP(O)(=S)OC[C@H]1O[C@@H](n2cnc4c(=O)[nH]ncc42)[C@H](OP(=O)(S)OC3)[C@@H]1O. The minimum absolute atomic E-state index is 0.0363. The number of ether oxygens (including phenoxy) is 3. The average molecular weight is 704 g/mol. The van der Waals surface area contributed by atoms with Crippen LogP contribution in [0.4, 0.5) is 5.82 Å². The van der Waals surface area contributed by atoms with Crippen molar-refractivity contribution < 1.29 is 46.9 Å². The monoisotopic (exact) mass is 703 g/mol. The van der Waals surface area contributed by atoms with Gasteiger partial charge in [-0.05, 0) is 11.8 Å². The van der Waals surface area contributed by atoms with Gasteiger partial charge in [-0.25, -0.2) is 29.6 Å². The molecule has 0 radical (unpaired) electrons. The van der Waals surface area contributed by atoms with Crippen LogP contribution in [-0.4, -0.2) is 105 Å². The molecule has 24 heteroatoms. The van der Waals surface area contributed by atoms with Gasteiger partial charge < -0.3 is 34.5 Å². The van der Waals surface area contributed by atoms with Gasteiger partial charge in [-0.1, -0.05) is 12.2 Å². The van der Waals surface area contributed by atoms with E-state index in [0.717, 1.165) is 0 Å². The first-order chi connectivity index (χ1) is 21.5. The molecule has 0 spiro atoms. The highest BCUT2D eigenvalue weighted by Gasteiger charge is 2.65. The third-order valence-electron chi connectivity index (χ3n) is 8.00. The molecule has 240 valence electrons. The number of nitrogens with two attached hydrogens (primary N) is 1. The zero-order valence-corrected chi connectivity index (χ0v) is 26.0. The zero-order valence-electron chi connectivity index (χ0n) is 22.5. The van der Waals surface area contributed by atoms with E-state index in [-0.39, 0.29) is 23.5 Å². The molecule has 3 unspecified atom stereocenters. The summed E-state index contributed by atoms with van der Waals surface area (Å²) in [5.74, 6) is 0.152. The Morgan fingerprint density at radius 2 is 1.89 bits per heavy atom. The fourth-order valence-corrected chi connectivity index (χ4v) is 8.86. The molecule has 4 saturated heterocycles. The molecule has 4 aliphatic rings. The summed E-state index contributed by atoms with van der Waals surface area (Å²) in [6.07, 6.45) is -2.89. The maximum Gasteiger partial charge on any atom is 0.386 e. The van der Waals surface area contributed by atoms with E-state index in [4.69, 9.17) is 49.8 Å². The number of fused-ring (bicyclic) bond motifs is 4. The van der Waals surface area contributed by atoms with Crippen LogP contribution in [0.25, 0.3) is 22.2 Å². The molecule has 0 aliphatic carbocycles. The Balaban J connectivity index is 1.14. The molecule has 4 bridgehead atoms. The number of imidazole rings is 2. The number of nitrogens with one attached hydrogen (secondary N) is 1. The van der Waals surface area contributed by atoms with Gasteiger partial charge in [-0.2, -0.15) is 5.10 Å². The first-order valence-corrected chi connectivity index (χ1v) is 18.5. The van der Waals surface area contributed by atoms with E-state index >= 15 is 0 Å². The molecule has 0 amide bonds. The van der Waals surface area contributed by atoms with Crippen LogP contribution < -0.4 is 11.3 Å². The lowest BCUT2D eigenvalue weighted by Crippen LogP contribution is -2.45. The summed E-state index contributed by atoms with van der Waals surface area (Å²) in [7, 11) is 0. The van der Waals surface area contributed by atoms with Gasteiger partial charge in [0.15, 0.2) is 29.4 Å². The summed E-state index contributed by atoms with van der Waals surface area (Å²) in [4.78, 5) is 39.9. The van der Waals surface area contributed by atoms with Gasteiger partial charge in [0.25, 0.3) is 5.56 Å². The molecular weight excluding hydrogens is 680 g/mol. The lowest BCUT2D eigenvalue weighted by atomic mass is 10.0. The lowest BCUT2D eigenvalue weighted by Gasteiger charge is -2.33. The number of rotatable bonds is 2. The Bertz CT molecular complexity index is 1980. The Labute approximate surface area is 261 Å². The Hall–Kier alpha value is -2.43. The quantitative estimate of drug-likeness (QED) is 0.131. The highest BCUT2D eigenvalue weighted by atomic mass is 32.7. The summed E-state index contributed by atoms with van der Waals surface area (Å²) in [6, 6.07) is 0. The maximum absolute atomic E-state index is 13.7. The number of aromatic amines is 1. The molecule has 0 saturated carbocycles. The second kappa shape index (κ2) is 10.5. The van der Waals surface area contributed by atoms with E-state index in [1.807, 2.05) is 0 Å². The van der Waals surface area contributed by atoms with Crippen molar-refractivity contribution in [2.45, 2.75) is 48.6 Å². The first kappa shape index (κ1) is 29.9. The summed E-state index contributed by atoms with van der Waals surface area (Å²) < 4.78 is 58.2. The molecule has 8 heterocycles. The minimum Gasteiger partial charge on any atom is -0.387 e. The number of hydrogen-bond donors (Lipinski definition) is 5. The third-order valence-corrected chi connectivity index (χ3v) is 11.1. The number of aliphatic hydroxyl groups is 1. The van der Waals surface area contributed by atoms with Gasteiger partial charge in [-0.3, -0.25) is 27.5 Å². The van der Waals surface area contributed by atoms with E-state index < -0.39 is 80.9 Å². The fraction of sp³-hybridized carbons (Fsp3) is 0.524. The molecule has 4 fully saturated rings. The molecule has 8 rings (SSSR count). The predicted molar refractivity (Wildman–Crippen MR) is 155 cm³/mol. The lowest BCUT2D eigenvalue weighted by molar-refractivity contribution is -0.183. The second-order valence-corrected chi connectivity index (χ2v) is 16.3. The van der Waals surface area contributed by atoms with Crippen LogP contribution in [0.2, 0.25) is 0 Å². The van der Waals surface area contributed by atoms with Gasteiger partial charge in [0.05, 0.1) is 44.2 Å². The van der Waals surface area contributed by atoms with Gasteiger partial charge in [0, 0.05) is 0 Å². The number of H-pyrrole nitrogens is 1. The van der Waals surface area contributed by atoms with E-state index in [2.05, 4.69) is 42.4 Å². The van der Waals surface area contributed by atoms with Gasteiger partial charge in [-0.15, -0.1) is 0 Å². The molecule has 5 N–H and O–H groups in total. The zero-order chi connectivity index (χ0) is 31.3. The molecule has 45 heavy (non-hydrogen) atoms. The van der Waals surface area contributed by atoms with Crippen LogP contribution in [0.3, 0.4) is 0 Å². The molecule has 4 aromatic rings. The van der Waals surface area contributed by atoms with Crippen LogP contribution in [-0.2, 0) is 48.7 Å². The van der Waals surface area contributed by atoms with Crippen molar-refractivity contribution in [1.29, 1.82) is 0 Å². The van der Waals surface area contributed by atoms with Crippen molar-refractivity contribution in [3.63, 3.8) is 0 Å². The number of thiol groups is 1. The van der Waals surface area contributed by atoms with E-state index in [1.54, 1.807) is 4.57 Å². The predicted octanol–water partition coefficient (Wildman–Crippen LogP) is -0.462. The van der Waals surface area contributed by atoms with Crippen molar-refractivity contribution >= 4 is 65.6 Å². The van der Waals surface area contributed by atoms with Crippen LogP contribution in [0.15, 0.2) is 30.0 Å². The standard InChI is InChI=1S/C21H23N9O11P2S2/c22-16-11-17(24-5-23-16)30(7-26-11)20-14-15-21(39-20,3-35-14)4-37-43(34,45)40-13-12(31)9(2-36-42(33,44)41-15)38-19(13)29-6-25-10-8(29)1-27-28-18(10)32/h1,5-7,9,12-15,19-20,31H,2-4H2,(H,28,32)(H,33,44)(H,34,45)(H2,22,23,24)/t9-,12-,13-,14-,15+,19-,20-,21?,42?,43?/m1/s1. The van der Waals surface area contributed by atoms with Gasteiger partial charge >= 0.3 is 13.5 Å². The second-order valence-electron chi connectivity index (χ2n) is 10.7. The van der Waals surface area contributed by atoms with Gasteiger partial charge in [0.1, 0.15) is 48.0 Å². The molecule has 10 atom stereocenters. The van der Waals surface area contributed by atoms with Crippen LogP contribution in [0.5, 0.6) is 0 Å². The number of aliphatic hydroxyl groups excluding tert-OH is 1. The molecule has 4 aromatic heterocycles. The van der Waals surface area contributed by atoms with Crippen LogP contribution >= 0.6 is 25.8 Å². The van der Waals surface area contributed by atoms with Crippen molar-refractivity contribution in [3.05, 3.63) is 35.5 Å². The smallest absolute Gasteiger partial charge is 0.386 e. The fourth-order valence-electron chi connectivity index (χ4n) is 5.92. The van der Waals surface area contributed by atoms with E-state index in [1.165, 1.54) is 29.7 Å². The summed E-state index contributed by atoms with van der Waals surface area (Å²) in [5.41, 5.74) is 4.83. The first-order valence-electron chi connectivity index (χ1n) is 13.2. The molecule has 20 nitrogen and oxygen atoms in total. The number of nitrogen functional groups attached to an aromatic ring is 1. The Kier molecular flexibility index (Phi) is 7.01. The topological polar surface area (TPSA) is 255 Å². The molecular formula is C21H23N9O11P2S2. The molecule has 0 aromatic carbocycles. The van der Waals surface area contributed by atoms with Gasteiger partial charge in [0.2, 0.25) is 0 Å². The highest BCUT2D eigenvalue weighted by Crippen LogP contribution is 2.61. The largest absolute Gasteiger partial charge is 0.387 e. The van der Waals surface area contributed by atoms with Crippen molar-refractivity contribution in [3.8, 4) is 0 Å². The number of hydrogen-bond acceptors (Lipinski definition) is 17. The normalized spacial score (nSPS) is 40.3. The Morgan fingerprint density at radius 3 is 2.73 bits per heavy atom. The third kappa shape index (κ3) is 4.87. The van der Waals surface area contributed by atoms with Crippen LogP contribution in [0, 0.1) is 0 Å². The van der Waals surface area contributed by atoms with Crippen molar-refractivity contribution in [2.24, 2.45) is 0 Å². The number of nitrogens with zero attached hydrogens (tertiary/aromatic N) is 7. The van der Waals surface area contributed by atoms with E-state index in [0.29, 0.717) is 11.2 Å². The van der Waals surface area contributed by atoms with Crippen molar-refractivity contribution in [1.82, 2.24) is 39.3 Å². The Morgan fingerprint density at radius 1 is 1.09 bits per heavy atom. The van der Waals surface area contributed by atoms with Crippen molar-refractivity contribution in [2.75, 3.05) is 25.6 Å². The average Bonchev–Trinajstić information content (AvgIpc) is 3.80. The number of anilines is 1. The molecule has 4 aliphatic heterocycles. The minimum atomic E-state index is -4.32. The summed E-state index contributed by atoms with van der Waals surface area (Å²) in [5, 5.41) is 17.3. The summed E-state index contributed by atoms with van der Waals surface area (Å²) >= 11 is 9.52. The summed E-state index contributed by atoms with van der Waals surface area (Å²) in [6.45, 7) is -9.46. The van der Waals surface area contributed by atoms with Crippen LogP contribution in [0.1, 0.15) is 12.5 Å². The van der Waals surface area contributed by atoms with E-state index in [9.17, 15) is 19.4 Å².